The fourth-order valence-corrected chi connectivity index (χ4v) is 3.38. The molecule has 34 heavy (non-hydrogen) atoms. The van der Waals surface area contributed by atoms with Crippen molar-refractivity contribution in [2.75, 3.05) is 60.1 Å². The molecule has 190 valence electrons. The molecule has 1 fully saturated rings. The van der Waals surface area contributed by atoms with Gasteiger partial charge < -0.3 is 34.9 Å². The van der Waals surface area contributed by atoms with Crippen LogP contribution >= 0.6 is 0 Å². The second-order valence-corrected chi connectivity index (χ2v) is 8.88. The fourth-order valence-electron chi connectivity index (χ4n) is 3.38. The van der Waals surface area contributed by atoms with Crippen LogP contribution in [0.4, 0.5) is 4.79 Å². The summed E-state index contributed by atoms with van der Waals surface area (Å²) >= 11 is 0. The van der Waals surface area contributed by atoms with Gasteiger partial charge in [-0.05, 0) is 45.9 Å². The molecule has 0 aliphatic carbocycles. The average molecular weight is 481 g/mol. The van der Waals surface area contributed by atoms with Crippen molar-refractivity contribution >= 4 is 17.9 Å². The first-order valence-electron chi connectivity index (χ1n) is 11.2. The molecule has 0 radical (unpaired) electrons. The molecule has 1 aromatic carbocycles. The molecule has 1 aliphatic heterocycles. The summed E-state index contributed by atoms with van der Waals surface area (Å²) < 4.78 is 21.4. The van der Waals surface area contributed by atoms with Gasteiger partial charge in [-0.3, -0.25) is 14.5 Å². The number of benzene rings is 1. The van der Waals surface area contributed by atoms with Gasteiger partial charge in [0.05, 0.1) is 14.2 Å². The van der Waals surface area contributed by atoms with Gasteiger partial charge in [-0.2, -0.15) is 0 Å². The summed E-state index contributed by atoms with van der Waals surface area (Å²) in [6, 6.07) is 3.04. The minimum Gasteiger partial charge on any atom is -0.493 e. The smallest absolute Gasteiger partial charge is 0.410 e. The van der Waals surface area contributed by atoms with Crippen LogP contribution in [-0.4, -0.2) is 93.4 Å². The number of nitrogens with zero attached hydrogens (tertiary/aromatic N) is 2. The first kappa shape index (κ1) is 27.0. The Labute approximate surface area is 200 Å². The Balaban J connectivity index is 1.81. The molecule has 0 bridgehead atoms. The zero-order chi connectivity index (χ0) is 25.3. The molecule has 1 heterocycles. The molecular formula is C23H36N4O7. The Kier molecular flexibility index (Phi) is 9.79. The predicted molar refractivity (Wildman–Crippen MR) is 125 cm³/mol. The summed E-state index contributed by atoms with van der Waals surface area (Å²) in [5.74, 6) is -0.210. The van der Waals surface area contributed by atoms with Crippen LogP contribution < -0.4 is 25.3 Å². The van der Waals surface area contributed by atoms with Crippen LogP contribution in [0.15, 0.2) is 12.1 Å². The molecule has 0 unspecified atom stereocenters. The van der Waals surface area contributed by atoms with E-state index in [4.69, 9.17) is 24.7 Å². The van der Waals surface area contributed by atoms with Crippen LogP contribution in [0.1, 0.15) is 37.6 Å². The molecule has 11 heteroatoms. The number of methoxy groups -OCH3 is 2. The van der Waals surface area contributed by atoms with Crippen molar-refractivity contribution in [3.8, 4) is 17.2 Å². The highest BCUT2D eigenvalue weighted by molar-refractivity contribution is 5.95. The summed E-state index contributed by atoms with van der Waals surface area (Å²) in [6.45, 7) is 9.25. The van der Waals surface area contributed by atoms with Crippen molar-refractivity contribution in [1.82, 2.24) is 15.1 Å². The number of ether oxygens (including phenoxy) is 4. The number of nitrogens with one attached hydrogen (secondary N) is 1. The molecule has 3 amide bonds. The number of rotatable bonds is 10. The zero-order valence-electron chi connectivity index (χ0n) is 20.6. The van der Waals surface area contributed by atoms with Crippen molar-refractivity contribution in [2.45, 2.75) is 32.8 Å². The van der Waals surface area contributed by atoms with E-state index >= 15 is 0 Å². The Morgan fingerprint density at radius 3 is 2.12 bits per heavy atom. The molecule has 3 N–H and O–H groups in total. The molecule has 1 aliphatic rings. The predicted octanol–water partition coefficient (Wildman–Crippen LogP) is 1.24. The summed E-state index contributed by atoms with van der Waals surface area (Å²) in [4.78, 5) is 39.8. The van der Waals surface area contributed by atoms with Crippen LogP contribution in [0.3, 0.4) is 0 Å². The van der Waals surface area contributed by atoms with Crippen molar-refractivity contribution in [1.29, 1.82) is 0 Å². The van der Waals surface area contributed by atoms with E-state index in [1.54, 1.807) is 4.90 Å². The second kappa shape index (κ2) is 12.3. The summed E-state index contributed by atoms with van der Waals surface area (Å²) in [7, 11) is 2.85. The third kappa shape index (κ3) is 8.29. The monoisotopic (exact) mass is 480 g/mol. The van der Waals surface area contributed by atoms with E-state index in [1.165, 1.54) is 26.4 Å². The van der Waals surface area contributed by atoms with Crippen LogP contribution in [0.5, 0.6) is 17.2 Å². The highest BCUT2D eigenvalue weighted by atomic mass is 16.6. The first-order valence-corrected chi connectivity index (χ1v) is 11.2. The van der Waals surface area contributed by atoms with E-state index in [0.717, 1.165) is 26.1 Å². The van der Waals surface area contributed by atoms with Crippen molar-refractivity contribution in [3.05, 3.63) is 17.7 Å². The number of hydrogen-bond acceptors (Lipinski definition) is 8. The van der Waals surface area contributed by atoms with Crippen LogP contribution in [0.25, 0.3) is 0 Å². The molecule has 1 saturated heterocycles. The van der Waals surface area contributed by atoms with E-state index in [-0.39, 0.29) is 35.9 Å². The van der Waals surface area contributed by atoms with Crippen molar-refractivity contribution in [3.63, 3.8) is 0 Å². The second-order valence-electron chi connectivity index (χ2n) is 8.88. The highest BCUT2D eigenvalue weighted by Crippen LogP contribution is 2.38. The molecule has 0 spiro atoms. The standard InChI is InChI=1S/C23H36N4O7/c1-23(2,3)34-22(30)27-11-9-26(10-12-27)8-6-7-25-21(29)16-13-17(31-4)20(18(14-16)32-5)33-15-19(24)28/h13-14H,6-12,15H2,1-5H3,(H2,24,28)(H,25,29). The third-order valence-electron chi connectivity index (χ3n) is 5.04. The lowest BCUT2D eigenvalue weighted by Gasteiger charge is -2.35. The topological polar surface area (TPSA) is 133 Å². The Bertz CT molecular complexity index is 836. The third-order valence-corrected chi connectivity index (χ3v) is 5.04. The van der Waals surface area contributed by atoms with E-state index < -0.39 is 11.5 Å². The quantitative estimate of drug-likeness (QED) is 0.478. The normalized spacial score (nSPS) is 14.3. The maximum Gasteiger partial charge on any atom is 0.410 e. The minimum atomic E-state index is -0.642. The largest absolute Gasteiger partial charge is 0.493 e. The van der Waals surface area contributed by atoms with Gasteiger partial charge in [0.15, 0.2) is 18.1 Å². The minimum absolute atomic E-state index is 0.200. The number of hydrogen-bond donors (Lipinski definition) is 2. The number of carbonyl (C=O) groups excluding carboxylic acids is 3. The van der Waals surface area contributed by atoms with E-state index in [2.05, 4.69) is 10.2 Å². The first-order chi connectivity index (χ1) is 16.0. The van der Waals surface area contributed by atoms with Gasteiger partial charge >= 0.3 is 6.09 Å². The maximum absolute atomic E-state index is 12.6. The SMILES string of the molecule is COc1cc(C(=O)NCCCN2CCN(C(=O)OC(C)(C)C)CC2)cc(OC)c1OCC(N)=O. The number of carbonyl (C=O) groups is 3. The maximum atomic E-state index is 12.6. The van der Waals surface area contributed by atoms with Gasteiger partial charge in [-0.1, -0.05) is 0 Å². The fraction of sp³-hybridized carbons (Fsp3) is 0.609. The van der Waals surface area contributed by atoms with E-state index in [1.807, 2.05) is 20.8 Å². The summed E-state index contributed by atoms with van der Waals surface area (Å²) in [6.07, 6.45) is 0.475. The van der Waals surface area contributed by atoms with E-state index in [0.29, 0.717) is 25.2 Å². The Morgan fingerprint density at radius 1 is 1.03 bits per heavy atom. The van der Waals surface area contributed by atoms with Gasteiger partial charge in [-0.25, -0.2) is 4.79 Å². The van der Waals surface area contributed by atoms with Crippen molar-refractivity contribution < 1.29 is 33.3 Å². The molecule has 2 rings (SSSR count). The van der Waals surface area contributed by atoms with Gasteiger partial charge in [0, 0.05) is 38.3 Å². The molecular weight excluding hydrogens is 444 g/mol. The molecule has 0 aromatic heterocycles. The van der Waals surface area contributed by atoms with Gasteiger partial charge in [0.2, 0.25) is 5.75 Å². The summed E-state index contributed by atoms with van der Waals surface area (Å²) in [5.41, 5.74) is 4.97. The van der Waals surface area contributed by atoms with Gasteiger partial charge in [0.25, 0.3) is 11.8 Å². The lowest BCUT2D eigenvalue weighted by Crippen LogP contribution is -2.50. The molecule has 0 atom stereocenters. The Hall–Kier alpha value is -3.21. The van der Waals surface area contributed by atoms with Gasteiger partial charge in [0.1, 0.15) is 5.60 Å². The number of amides is 3. The van der Waals surface area contributed by atoms with E-state index in [9.17, 15) is 14.4 Å². The average Bonchev–Trinajstić information content (AvgIpc) is 2.78. The van der Waals surface area contributed by atoms with Crippen molar-refractivity contribution in [2.24, 2.45) is 5.73 Å². The van der Waals surface area contributed by atoms with Crippen LogP contribution in [-0.2, 0) is 9.53 Å². The molecule has 11 nitrogen and oxygen atoms in total. The number of piperazine rings is 1. The van der Waals surface area contributed by atoms with Gasteiger partial charge in [-0.15, -0.1) is 0 Å². The number of primary amides is 1. The zero-order valence-corrected chi connectivity index (χ0v) is 20.6. The lowest BCUT2D eigenvalue weighted by molar-refractivity contribution is -0.120. The lowest BCUT2D eigenvalue weighted by atomic mass is 10.1. The molecule has 1 aromatic rings. The van der Waals surface area contributed by atoms with Crippen LogP contribution in [0.2, 0.25) is 0 Å². The summed E-state index contributed by atoms with van der Waals surface area (Å²) in [5, 5.41) is 2.89. The van der Waals surface area contributed by atoms with Crippen LogP contribution in [0, 0.1) is 0 Å². The molecule has 0 saturated carbocycles. The Morgan fingerprint density at radius 2 is 1.62 bits per heavy atom. The highest BCUT2D eigenvalue weighted by Gasteiger charge is 2.25. The number of nitrogens with two attached hydrogens (primary N) is 1.